The van der Waals surface area contributed by atoms with Crippen molar-refractivity contribution >= 4 is 50.1 Å². The molecule has 92 valence electrons. The quantitative estimate of drug-likeness (QED) is 0.716. The van der Waals surface area contributed by atoms with Gasteiger partial charge in [-0.3, -0.25) is 4.79 Å². The molecule has 0 unspecified atom stereocenters. The molecule has 2 rings (SSSR count). The molecule has 0 saturated carbocycles. The van der Waals surface area contributed by atoms with Crippen molar-refractivity contribution in [1.82, 2.24) is 0 Å². The van der Waals surface area contributed by atoms with Crippen molar-refractivity contribution in [1.29, 1.82) is 0 Å². The number of hydrogen-bond acceptors (Lipinski definition) is 1. The zero-order chi connectivity index (χ0) is 13.1. The van der Waals surface area contributed by atoms with Crippen LogP contribution in [0.3, 0.4) is 0 Å². The van der Waals surface area contributed by atoms with Gasteiger partial charge in [0.25, 0.3) is 5.91 Å². The first-order valence-corrected chi connectivity index (χ1v) is 6.95. The van der Waals surface area contributed by atoms with Crippen molar-refractivity contribution in [3.63, 3.8) is 0 Å². The van der Waals surface area contributed by atoms with E-state index in [1.807, 2.05) is 18.2 Å². The third-order valence-corrected chi connectivity index (χ3v) is 3.67. The molecule has 1 N–H and O–H groups in total. The normalized spacial score (nSPS) is 10.2. The van der Waals surface area contributed by atoms with Gasteiger partial charge in [-0.05, 0) is 65.1 Å². The Morgan fingerprint density at radius 2 is 1.83 bits per heavy atom. The second-order valence-electron chi connectivity index (χ2n) is 3.59. The summed E-state index contributed by atoms with van der Waals surface area (Å²) in [5.74, 6) is -0.611. The number of carbonyl (C=O) groups excluding carboxylic acids is 1. The SMILES string of the molecule is O=C(Nc1ccc(Br)cc1I)c1ccc(F)cc1. The highest BCUT2D eigenvalue weighted by Gasteiger charge is 2.08. The van der Waals surface area contributed by atoms with Gasteiger partial charge in [-0.15, -0.1) is 0 Å². The van der Waals surface area contributed by atoms with Crippen LogP contribution in [-0.2, 0) is 0 Å². The monoisotopic (exact) mass is 419 g/mol. The second-order valence-corrected chi connectivity index (χ2v) is 5.66. The van der Waals surface area contributed by atoms with Crippen molar-refractivity contribution in [2.75, 3.05) is 5.32 Å². The van der Waals surface area contributed by atoms with E-state index in [1.54, 1.807) is 0 Å². The lowest BCUT2D eigenvalue weighted by atomic mass is 10.2. The van der Waals surface area contributed by atoms with Gasteiger partial charge in [0.1, 0.15) is 5.82 Å². The summed E-state index contributed by atoms with van der Waals surface area (Å²) in [7, 11) is 0. The minimum Gasteiger partial charge on any atom is -0.321 e. The van der Waals surface area contributed by atoms with E-state index >= 15 is 0 Å². The lowest BCUT2D eigenvalue weighted by Gasteiger charge is -2.07. The number of carbonyl (C=O) groups is 1. The zero-order valence-corrected chi connectivity index (χ0v) is 12.8. The molecule has 0 radical (unpaired) electrons. The van der Waals surface area contributed by atoms with Crippen molar-refractivity contribution in [2.45, 2.75) is 0 Å². The van der Waals surface area contributed by atoms with E-state index in [-0.39, 0.29) is 11.7 Å². The maximum Gasteiger partial charge on any atom is 0.255 e. The first kappa shape index (κ1) is 13.5. The molecule has 2 nitrogen and oxygen atoms in total. The minimum atomic E-state index is -0.357. The molecule has 0 heterocycles. The number of benzene rings is 2. The first-order chi connectivity index (χ1) is 8.56. The summed E-state index contributed by atoms with van der Waals surface area (Å²) in [4.78, 5) is 11.9. The Morgan fingerprint density at radius 3 is 2.44 bits per heavy atom. The molecule has 0 saturated heterocycles. The first-order valence-electron chi connectivity index (χ1n) is 5.08. The average Bonchev–Trinajstić information content (AvgIpc) is 2.33. The van der Waals surface area contributed by atoms with E-state index in [0.29, 0.717) is 5.56 Å². The van der Waals surface area contributed by atoms with Gasteiger partial charge in [-0.1, -0.05) is 15.9 Å². The molecule has 0 spiro atoms. The van der Waals surface area contributed by atoms with E-state index in [2.05, 4.69) is 43.8 Å². The van der Waals surface area contributed by atoms with Crippen LogP contribution >= 0.6 is 38.5 Å². The van der Waals surface area contributed by atoms with Gasteiger partial charge in [0.2, 0.25) is 0 Å². The molecular formula is C13H8BrFINO. The molecule has 2 aromatic rings. The fourth-order valence-electron chi connectivity index (χ4n) is 1.39. The summed E-state index contributed by atoms with van der Waals surface area (Å²) < 4.78 is 14.6. The van der Waals surface area contributed by atoms with E-state index in [1.165, 1.54) is 24.3 Å². The summed E-state index contributed by atoms with van der Waals surface area (Å²) >= 11 is 5.50. The van der Waals surface area contributed by atoms with Crippen molar-refractivity contribution in [2.24, 2.45) is 0 Å². The molecule has 0 fully saturated rings. The highest BCUT2D eigenvalue weighted by Crippen LogP contribution is 2.23. The number of nitrogens with one attached hydrogen (secondary N) is 1. The number of hydrogen-bond donors (Lipinski definition) is 1. The number of rotatable bonds is 2. The Kier molecular flexibility index (Phi) is 4.34. The summed E-state index contributed by atoms with van der Waals surface area (Å²) in [6.45, 7) is 0. The van der Waals surface area contributed by atoms with Crippen molar-refractivity contribution < 1.29 is 9.18 Å². The van der Waals surface area contributed by atoms with Crippen LogP contribution in [0.2, 0.25) is 0 Å². The average molecular weight is 420 g/mol. The largest absolute Gasteiger partial charge is 0.321 e. The van der Waals surface area contributed by atoms with Gasteiger partial charge in [0, 0.05) is 13.6 Å². The Labute approximate surface area is 126 Å². The van der Waals surface area contributed by atoms with Gasteiger partial charge in [-0.2, -0.15) is 0 Å². The maximum absolute atomic E-state index is 12.7. The Balaban J connectivity index is 2.18. The summed E-state index contributed by atoms with van der Waals surface area (Å²) in [6.07, 6.45) is 0. The molecular weight excluding hydrogens is 412 g/mol. The topological polar surface area (TPSA) is 29.1 Å². The van der Waals surface area contributed by atoms with Crippen LogP contribution < -0.4 is 5.32 Å². The van der Waals surface area contributed by atoms with Crippen molar-refractivity contribution in [3.05, 3.63) is 61.9 Å². The highest BCUT2D eigenvalue weighted by atomic mass is 127. The maximum atomic E-state index is 12.7. The molecule has 5 heteroatoms. The fraction of sp³-hybridized carbons (Fsp3) is 0. The third-order valence-electron chi connectivity index (χ3n) is 2.29. The molecule has 2 aromatic carbocycles. The predicted octanol–water partition coefficient (Wildman–Crippen LogP) is 4.45. The minimum absolute atomic E-state index is 0.254. The van der Waals surface area contributed by atoms with E-state index < -0.39 is 0 Å². The van der Waals surface area contributed by atoms with Crippen LogP contribution in [0.4, 0.5) is 10.1 Å². The summed E-state index contributed by atoms with van der Waals surface area (Å²) in [6, 6.07) is 11.0. The van der Waals surface area contributed by atoms with E-state index in [4.69, 9.17) is 0 Å². The van der Waals surface area contributed by atoms with Crippen LogP contribution in [-0.4, -0.2) is 5.91 Å². The summed E-state index contributed by atoms with van der Waals surface area (Å²) in [5, 5.41) is 2.78. The van der Waals surface area contributed by atoms with Crippen LogP contribution in [0.5, 0.6) is 0 Å². The fourth-order valence-corrected chi connectivity index (χ4v) is 2.83. The third kappa shape index (κ3) is 3.29. The molecule has 0 aromatic heterocycles. The van der Waals surface area contributed by atoms with Crippen molar-refractivity contribution in [3.8, 4) is 0 Å². The number of anilines is 1. The molecule has 0 atom stereocenters. The van der Waals surface area contributed by atoms with Crippen LogP contribution in [0.25, 0.3) is 0 Å². The Hall–Kier alpha value is -0.950. The zero-order valence-electron chi connectivity index (χ0n) is 9.08. The molecule has 0 bridgehead atoms. The standard InChI is InChI=1S/C13H8BrFINO/c14-9-3-6-12(11(16)7-9)17-13(18)8-1-4-10(15)5-2-8/h1-7H,(H,17,18). The second kappa shape index (κ2) is 5.79. The van der Waals surface area contributed by atoms with Gasteiger partial charge in [0.15, 0.2) is 0 Å². The molecule has 0 aliphatic heterocycles. The molecule has 0 aliphatic carbocycles. The summed E-state index contributed by atoms with van der Waals surface area (Å²) in [5.41, 5.74) is 1.16. The van der Waals surface area contributed by atoms with Crippen LogP contribution in [0.15, 0.2) is 46.9 Å². The number of amides is 1. The van der Waals surface area contributed by atoms with Gasteiger partial charge in [-0.25, -0.2) is 4.39 Å². The lowest BCUT2D eigenvalue weighted by molar-refractivity contribution is 0.102. The Bertz CT molecular complexity index is 586. The smallest absolute Gasteiger partial charge is 0.255 e. The number of halogens is 3. The predicted molar refractivity (Wildman–Crippen MR) is 81.2 cm³/mol. The molecule has 0 aliphatic rings. The van der Waals surface area contributed by atoms with Gasteiger partial charge < -0.3 is 5.32 Å². The molecule has 1 amide bonds. The van der Waals surface area contributed by atoms with Crippen LogP contribution in [0, 0.1) is 9.39 Å². The van der Waals surface area contributed by atoms with Gasteiger partial charge in [0.05, 0.1) is 5.69 Å². The van der Waals surface area contributed by atoms with E-state index in [0.717, 1.165) is 13.7 Å². The van der Waals surface area contributed by atoms with Gasteiger partial charge >= 0.3 is 0 Å². The highest BCUT2D eigenvalue weighted by molar-refractivity contribution is 14.1. The lowest BCUT2D eigenvalue weighted by Crippen LogP contribution is -2.12. The van der Waals surface area contributed by atoms with E-state index in [9.17, 15) is 9.18 Å². The Morgan fingerprint density at radius 1 is 1.17 bits per heavy atom. The van der Waals surface area contributed by atoms with Crippen LogP contribution in [0.1, 0.15) is 10.4 Å². The molecule has 18 heavy (non-hydrogen) atoms.